The highest BCUT2D eigenvalue weighted by Crippen LogP contribution is 2.34. The van der Waals surface area contributed by atoms with Crippen LogP contribution >= 0.6 is 0 Å². The standard InChI is InChI=1S/C15H26N4O2/c1-15(2,11-4-3-5-16-8-11)13(20)18-6-7-19-12(10-18)9-17-14(19)21/h11-12,16H,3-10H2,1-2H3,(H,17,21). The zero-order chi connectivity index (χ0) is 15.0. The first-order valence-corrected chi connectivity index (χ1v) is 8.04. The van der Waals surface area contributed by atoms with E-state index in [0.717, 1.165) is 25.9 Å². The fourth-order valence-corrected chi connectivity index (χ4v) is 3.84. The topological polar surface area (TPSA) is 64.7 Å². The highest BCUT2D eigenvalue weighted by Gasteiger charge is 2.43. The second kappa shape index (κ2) is 5.48. The van der Waals surface area contributed by atoms with Crippen LogP contribution in [0.3, 0.4) is 0 Å². The number of carbonyl (C=O) groups excluding carboxylic acids is 2. The van der Waals surface area contributed by atoms with Gasteiger partial charge in [0.15, 0.2) is 0 Å². The number of hydrogen-bond acceptors (Lipinski definition) is 3. The Hall–Kier alpha value is -1.30. The van der Waals surface area contributed by atoms with Crippen LogP contribution in [0.4, 0.5) is 4.79 Å². The predicted molar refractivity (Wildman–Crippen MR) is 79.8 cm³/mol. The van der Waals surface area contributed by atoms with Gasteiger partial charge in [-0.1, -0.05) is 13.8 Å². The largest absolute Gasteiger partial charge is 0.338 e. The molecular weight excluding hydrogens is 268 g/mol. The van der Waals surface area contributed by atoms with Gasteiger partial charge in [-0.15, -0.1) is 0 Å². The van der Waals surface area contributed by atoms with E-state index in [1.165, 1.54) is 0 Å². The van der Waals surface area contributed by atoms with E-state index in [1.54, 1.807) is 0 Å². The average Bonchev–Trinajstić information content (AvgIpc) is 2.88. The van der Waals surface area contributed by atoms with Crippen molar-refractivity contribution in [2.24, 2.45) is 11.3 Å². The maximum Gasteiger partial charge on any atom is 0.317 e. The van der Waals surface area contributed by atoms with Crippen LogP contribution in [0.2, 0.25) is 0 Å². The van der Waals surface area contributed by atoms with Gasteiger partial charge in [-0.2, -0.15) is 0 Å². The third-order valence-electron chi connectivity index (χ3n) is 5.39. The number of amides is 3. The van der Waals surface area contributed by atoms with Crippen LogP contribution in [0.5, 0.6) is 0 Å². The molecule has 3 aliphatic heterocycles. The molecule has 0 saturated carbocycles. The number of hydrogen-bond donors (Lipinski definition) is 2. The second-order valence-electron chi connectivity index (χ2n) is 7.05. The van der Waals surface area contributed by atoms with Gasteiger partial charge in [-0.05, 0) is 31.8 Å². The molecule has 21 heavy (non-hydrogen) atoms. The summed E-state index contributed by atoms with van der Waals surface area (Å²) in [5, 5.41) is 6.27. The number of rotatable bonds is 2. The Balaban J connectivity index is 1.66. The van der Waals surface area contributed by atoms with Crippen LogP contribution < -0.4 is 10.6 Å². The Kier molecular flexibility index (Phi) is 3.82. The maximum atomic E-state index is 13.0. The summed E-state index contributed by atoms with van der Waals surface area (Å²) in [6.07, 6.45) is 2.27. The fraction of sp³-hybridized carbons (Fsp3) is 0.867. The number of fused-ring (bicyclic) bond motifs is 1. The number of carbonyl (C=O) groups is 2. The van der Waals surface area contributed by atoms with Gasteiger partial charge in [0.05, 0.1) is 6.04 Å². The van der Waals surface area contributed by atoms with Crippen molar-refractivity contribution in [1.29, 1.82) is 0 Å². The number of piperidine rings is 1. The van der Waals surface area contributed by atoms with Crippen molar-refractivity contribution in [2.75, 3.05) is 39.3 Å². The molecule has 0 aromatic carbocycles. The predicted octanol–water partition coefficient (Wildman–Crippen LogP) is 0.248. The van der Waals surface area contributed by atoms with Crippen LogP contribution in [-0.4, -0.2) is 67.0 Å². The molecule has 3 saturated heterocycles. The zero-order valence-electron chi connectivity index (χ0n) is 13.0. The Labute approximate surface area is 126 Å². The minimum Gasteiger partial charge on any atom is -0.338 e. The molecule has 0 aromatic rings. The zero-order valence-corrected chi connectivity index (χ0v) is 13.0. The van der Waals surface area contributed by atoms with E-state index in [9.17, 15) is 9.59 Å². The molecule has 3 aliphatic rings. The van der Waals surface area contributed by atoms with E-state index in [4.69, 9.17) is 0 Å². The summed E-state index contributed by atoms with van der Waals surface area (Å²) in [6.45, 7) is 8.80. The van der Waals surface area contributed by atoms with Gasteiger partial charge in [0.1, 0.15) is 0 Å². The lowest BCUT2D eigenvalue weighted by Crippen LogP contribution is -2.58. The van der Waals surface area contributed by atoms with Crippen molar-refractivity contribution in [1.82, 2.24) is 20.4 Å². The highest BCUT2D eigenvalue weighted by atomic mass is 16.2. The van der Waals surface area contributed by atoms with Gasteiger partial charge in [0.2, 0.25) is 5.91 Å². The number of urea groups is 1. The molecule has 0 bridgehead atoms. The molecule has 2 N–H and O–H groups in total. The molecule has 0 radical (unpaired) electrons. The molecule has 0 aliphatic carbocycles. The van der Waals surface area contributed by atoms with E-state index >= 15 is 0 Å². The van der Waals surface area contributed by atoms with Crippen molar-refractivity contribution in [3.63, 3.8) is 0 Å². The van der Waals surface area contributed by atoms with Gasteiger partial charge in [0.25, 0.3) is 0 Å². The van der Waals surface area contributed by atoms with Gasteiger partial charge < -0.3 is 20.4 Å². The fourth-order valence-electron chi connectivity index (χ4n) is 3.84. The van der Waals surface area contributed by atoms with Gasteiger partial charge in [0, 0.05) is 31.6 Å². The third-order valence-corrected chi connectivity index (χ3v) is 5.39. The lowest BCUT2D eigenvalue weighted by Gasteiger charge is -2.43. The minimum absolute atomic E-state index is 0.0165. The molecule has 118 valence electrons. The normalized spacial score (nSPS) is 30.1. The number of nitrogens with zero attached hydrogens (tertiary/aromatic N) is 2. The summed E-state index contributed by atoms with van der Waals surface area (Å²) in [4.78, 5) is 28.4. The molecule has 3 rings (SSSR count). The average molecular weight is 294 g/mol. The van der Waals surface area contributed by atoms with Crippen LogP contribution in [0.15, 0.2) is 0 Å². The Bertz CT molecular complexity index is 431. The first kappa shape index (κ1) is 14.6. The summed E-state index contributed by atoms with van der Waals surface area (Å²) < 4.78 is 0. The maximum absolute atomic E-state index is 13.0. The monoisotopic (exact) mass is 294 g/mol. The molecule has 6 nitrogen and oxygen atoms in total. The van der Waals surface area contributed by atoms with Crippen molar-refractivity contribution in [3.8, 4) is 0 Å². The lowest BCUT2D eigenvalue weighted by molar-refractivity contribution is -0.146. The molecule has 6 heteroatoms. The van der Waals surface area contributed by atoms with E-state index in [2.05, 4.69) is 24.5 Å². The minimum atomic E-state index is -0.328. The number of nitrogens with one attached hydrogen (secondary N) is 2. The van der Waals surface area contributed by atoms with E-state index < -0.39 is 0 Å². The summed E-state index contributed by atoms with van der Waals surface area (Å²) in [6, 6.07) is 0.165. The Morgan fingerprint density at radius 3 is 2.81 bits per heavy atom. The molecule has 0 aromatic heterocycles. The smallest absolute Gasteiger partial charge is 0.317 e. The van der Waals surface area contributed by atoms with Crippen molar-refractivity contribution >= 4 is 11.9 Å². The summed E-state index contributed by atoms with van der Waals surface area (Å²) >= 11 is 0. The summed E-state index contributed by atoms with van der Waals surface area (Å²) in [5.41, 5.74) is -0.328. The van der Waals surface area contributed by atoms with Crippen LogP contribution in [0.1, 0.15) is 26.7 Å². The Morgan fingerprint density at radius 1 is 1.29 bits per heavy atom. The molecule has 3 heterocycles. The van der Waals surface area contributed by atoms with E-state index in [0.29, 0.717) is 32.1 Å². The van der Waals surface area contributed by atoms with Crippen molar-refractivity contribution in [3.05, 3.63) is 0 Å². The van der Waals surface area contributed by atoms with E-state index in [1.807, 2.05) is 9.80 Å². The molecule has 3 fully saturated rings. The Morgan fingerprint density at radius 2 is 2.10 bits per heavy atom. The van der Waals surface area contributed by atoms with Gasteiger partial charge in [-0.3, -0.25) is 4.79 Å². The van der Waals surface area contributed by atoms with Crippen LogP contribution in [0.25, 0.3) is 0 Å². The molecular formula is C15H26N4O2. The lowest BCUT2D eigenvalue weighted by atomic mass is 9.74. The molecule has 3 amide bonds. The quantitative estimate of drug-likeness (QED) is 0.767. The first-order chi connectivity index (χ1) is 10.00. The van der Waals surface area contributed by atoms with Gasteiger partial charge in [-0.25, -0.2) is 4.79 Å². The molecule has 2 unspecified atom stereocenters. The van der Waals surface area contributed by atoms with Gasteiger partial charge >= 0.3 is 6.03 Å². The molecule has 2 atom stereocenters. The third kappa shape index (κ3) is 2.61. The number of piperazine rings is 1. The van der Waals surface area contributed by atoms with Crippen LogP contribution in [0, 0.1) is 11.3 Å². The SMILES string of the molecule is CC(C)(C(=O)N1CCN2C(=O)NCC2C1)C1CCCNC1. The first-order valence-electron chi connectivity index (χ1n) is 8.04. The van der Waals surface area contributed by atoms with Crippen LogP contribution in [-0.2, 0) is 4.79 Å². The summed E-state index contributed by atoms with van der Waals surface area (Å²) in [5.74, 6) is 0.648. The second-order valence-corrected chi connectivity index (χ2v) is 7.05. The molecule has 0 spiro atoms. The van der Waals surface area contributed by atoms with Crippen molar-refractivity contribution < 1.29 is 9.59 Å². The van der Waals surface area contributed by atoms with Crippen molar-refractivity contribution in [2.45, 2.75) is 32.7 Å². The van der Waals surface area contributed by atoms with E-state index in [-0.39, 0.29) is 23.4 Å². The highest BCUT2D eigenvalue weighted by molar-refractivity contribution is 5.83. The summed E-state index contributed by atoms with van der Waals surface area (Å²) in [7, 11) is 0.